The molecule has 124 valence electrons. The lowest BCUT2D eigenvalue weighted by atomic mass is 9.95. The average molecular weight is 360 g/mol. The summed E-state index contributed by atoms with van der Waals surface area (Å²) in [7, 11) is 1.59. The van der Waals surface area contributed by atoms with Crippen molar-refractivity contribution in [1.82, 2.24) is 15.0 Å². The topological polar surface area (TPSA) is 47.9 Å². The van der Waals surface area contributed by atoms with Gasteiger partial charge in [0.05, 0.1) is 17.5 Å². The summed E-state index contributed by atoms with van der Waals surface area (Å²) in [6.07, 6.45) is 0. The molecule has 0 spiro atoms. The minimum Gasteiger partial charge on any atom is -0.480 e. The first kappa shape index (κ1) is 17.0. The molecule has 0 fully saturated rings. The molecule has 2 heterocycles. The van der Waals surface area contributed by atoms with Crippen LogP contribution in [-0.2, 0) is 5.41 Å². The van der Waals surface area contributed by atoms with Gasteiger partial charge in [0.2, 0.25) is 5.88 Å². The number of hydrogen-bond donors (Lipinski definition) is 0. The van der Waals surface area contributed by atoms with Gasteiger partial charge in [0.15, 0.2) is 5.65 Å². The third kappa shape index (κ3) is 3.47. The molecule has 0 saturated heterocycles. The molecule has 24 heavy (non-hydrogen) atoms. The van der Waals surface area contributed by atoms with Gasteiger partial charge < -0.3 is 4.74 Å². The highest BCUT2D eigenvalue weighted by Crippen LogP contribution is 2.35. The van der Waals surface area contributed by atoms with E-state index in [0.29, 0.717) is 27.8 Å². The van der Waals surface area contributed by atoms with Crippen molar-refractivity contribution >= 4 is 34.4 Å². The summed E-state index contributed by atoms with van der Waals surface area (Å²) in [4.78, 5) is 14.9. The lowest BCUT2D eigenvalue weighted by Crippen LogP contribution is -2.17. The zero-order valence-corrected chi connectivity index (χ0v) is 15.6. The first-order chi connectivity index (χ1) is 11.4. The third-order valence-corrected chi connectivity index (χ3v) is 4.81. The number of rotatable bonds is 3. The fraction of sp³-hybridized carbons (Fsp3) is 0.278. The quantitative estimate of drug-likeness (QED) is 0.648. The molecule has 0 amide bonds. The monoisotopic (exact) mass is 359 g/mol. The molecule has 2 aromatic heterocycles. The van der Waals surface area contributed by atoms with Gasteiger partial charge in [0.25, 0.3) is 0 Å². The van der Waals surface area contributed by atoms with Crippen LogP contribution in [0.4, 0.5) is 0 Å². The molecule has 4 nitrogen and oxygen atoms in total. The number of pyridine rings is 1. The second kappa shape index (κ2) is 6.57. The molecule has 0 bridgehead atoms. The molecule has 1 aromatic carbocycles. The molecule has 3 rings (SSSR count). The van der Waals surface area contributed by atoms with Crippen LogP contribution in [0.5, 0.6) is 5.88 Å². The van der Waals surface area contributed by atoms with E-state index in [9.17, 15) is 0 Å². The van der Waals surface area contributed by atoms with E-state index in [4.69, 9.17) is 16.3 Å². The summed E-state index contributed by atoms with van der Waals surface area (Å²) in [5, 5.41) is 1.99. The van der Waals surface area contributed by atoms with E-state index in [1.54, 1.807) is 7.11 Å². The van der Waals surface area contributed by atoms with Crippen molar-refractivity contribution in [3.63, 3.8) is 0 Å². The van der Waals surface area contributed by atoms with E-state index in [0.717, 1.165) is 9.92 Å². The van der Waals surface area contributed by atoms with E-state index in [-0.39, 0.29) is 5.41 Å². The lowest BCUT2D eigenvalue weighted by molar-refractivity contribution is 0.395. The number of ether oxygens (including phenoxy) is 1. The predicted molar refractivity (Wildman–Crippen MR) is 98.2 cm³/mol. The van der Waals surface area contributed by atoms with Crippen molar-refractivity contribution in [2.75, 3.05) is 7.11 Å². The molecular weight excluding hydrogens is 342 g/mol. The van der Waals surface area contributed by atoms with Crippen LogP contribution in [-0.4, -0.2) is 22.1 Å². The van der Waals surface area contributed by atoms with E-state index in [1.165, 1.54) is 11.8 Å². The van der Waals surface area contributed by atoms with Gasteiger partial charge in [-0.1, -0.05) is 62.3 Å². The molecular formula is C18H18ClN3OS. The Morgan fingerprint density at radius 2 is 1.75 bits per heavy atom. The predicted octanol–water partition coefficient (Wildman–Crippen LogP) is 5.14. The third-order valence-electron chi connectivity index (χ3n) is 3.40. The largest absolute Gasteiger partial charge is 0.480 e. The van der Waals surface area contributed by atoms with Crippen LogP contribution in [0.25, 0.3) is 11.0 Å². The van der Waals surface area contributed by atoms with Crippen molar-refractivity contribution < 1.29 is 4.74 Å². The van der Waals surface area contributed by atoms with E-state index in [2.05, 4.69) is 35.7 Å². The minimum absolute atomic E-state index is 0.199. The Kier molecular flexibility index (Phi) is 4.65. The zero-order valence-electron chi connectivity index (χ0n) is 14.0. The van der Waals surface area contributed by atoms with Gasteiger partial charge in [-0.2, -0.15) is 4.98 Å². The zero-order chi connectivity index (χ0) is 17.3. The molecule has 0 aliphatic carbocycles. The Hall–Kier alpha value is -1.85. The maximum atomic E-state index is 6.42. The molecule has 0 atom stereocenters. The van der Waals surface area contributed by atoms with Crippen molar-refractivity contribution in [1.29, 1.82) is 0 Å². The number of benzene rings is 1. The Morgan fingerprint density at radius 1 is 1.04 bits per heavy atom. The molecule has 0 unspecified atom stereocenters. The molecule has 0 saturated carbocycles. The van der Waals surface area contributed by atoms with Gasteiger partial charge in [-0.3, -0.25) is 0 Å². The minimum atomic E-state index is -0.199. The smallest absolute Gasteiger partial charge is 0.226 e. The second-order valence-corrected chi connectivity index (χ2v) is 7.84. The van der Waals surface area contributed by atoms with Crippen LogP contribution in [0.15, 0.2) is 46.3 Å². The fourth-order valence-corrected chi connectivity index (χ4v) is 3.22. The fourth-order valence-electron chi connectivity index (χ4n) is 2.15. The van der Waals surface area contributed by atoms with Crippen LogP contribution < -0.4 is 4.74 Å². The molecule has 0 radical (unpaired) electrons. The summed E-state index contributed by atoms with van der Waals surface area (Å²) in [5.41, 5.74) is 0.393. The van der Waals surface area contributed by atoms with Crippen LogP contribution >= 0.6 is 23.4 Å². The molecule has 0 aliphatic rings. The van der Waals surface area contributed by atoms with Crippen molar-refractivity contribution in [2.24, 2.45) is 0 Å². The van der Waals surface area contributed by atoms with Gasteiger partial charge in [-0.15, -0.1) is 0 Å². The summed E-state index contributed by atoms with van der Waals surface area (Å²) in [6.45, 7) is 6.18. The number of halogens is 1. The lowest BCUT2D eigenvalue weighted by Gasteiger charge is -2.18. The van der Waals surface area contributed by atoms with Crippen LogP contribution in [0, 0.1) is 0 Å². The first-order valence-electron chi connectivity index (χ1n) is 7.54. The van der Waals surface area contributed by atoms with Gasteiger partial charge in [0.1, 0.15) is 10.9 Å². The number of nitrogens with zero attached hydrogens (tertiary/aromatic N) is 3. The van der Waals surface area contributed by atoms with Gasteiger partial charge in [-0.05, 0) is 18.2 Å². The number of aromatic nitrogens is 3. The van der Waals surface area contributed by atoms with Crippen molar-refractivity contribution in [3.05, 3.63) is 47.2 Å². The maximum absolute atomic E-state index is 6.42. The number of methoxy groups -OCH3 is 1. The normalized spacial score (nSPS) is 11.7. The van der Waals surface area contributed by atoms with Gasteiger partial charge in [-0.25, -0.2) is 9.97 Å². The summed E-state index contributed by atoms with van der Waals surface area (Å²) >= 11 is 7.93. The van der Waals surface area contributed by atoms with Crippen LogP contribution in [0.2, 0.25) is 5.02 Å². The average Bonchev–Trinajstić information content (AvgIpc) is 2.55. The summed E-state index contributed by atoms with van der Waals surface area (Å²) in [5.74, 6) is 1.19. The maximum Gasteiger partial charge on any atom is 0.226 e. The number of hydrogen-bond acceptors (Lipinski definition) is 5. The molecule has 3 aromatic rings. The highest BCUT2D eigenvalue weighted by atomic mass is 35.5. The standard InChI is InChI=1S/C18H18ClN3OS/c1-18(2,3)17-21-14-12(15(22-17)23-4)10-13(19)16(20-14)24-11-8-6-5-7-9-11/h5-10H,1-4H3. The number of fused-ring (bicyclic) bond motifs is 1. The highest BCUT2D eigenvalue weighted by molar-refractivity contribution is 7.99. The van der Waals surface area contributed by atoms with E-state index < -0.39 is 0 Å². The van der Waals surface area contributed by atoms with Gasteiger partial charge >= 0.3 is 0 Å². The first-order valence-corrected chi connectivity index (χ1v) is 8.73. The van der Waals surface area contributed by atoms with Crippen molar-refractivity contribution in [3.8, 4) is 5.88 Å². The van der Waals surface area contributed by atoms with Crippen LogP contribution in [0.1, 0.15) is 26.6 Å². The summed E-state index contributed by atoms with van der Waals surface area (Å²) in [6, 6.07) is 11.8. The van der Waals surface area contributed by atoms with Gasteiger partial charge in [0, 0.05) is 10.3 Å². The summed E-state index contributed by atoms with van der Waals surface area (Å²) < 4.78 is 5.42. The van der Waals surface area contributed by atoms with E-state index >= 15 is 0 Å². The van der Waals surface area contributed by atoms with Crippen molar-refractivity contribution in [2.45, 2.75) is 36.1 Å². The molecule has 0 N–H and O–H groups in total. The molecule has 6 heteroatoms. The Balaban J connectivity index is 2.14. The highest BCUT2D eigenvalue weighted by Gasteiger charge is 2.21. The molecule has 0 aliphatic heterocycles. The SMILES string of the molecule is COc1nc(C(C)(C)C)nc2nc(Sc3ccccc3)c(Cl)cc12. The Morgan fingerprint density at radius 3 is 2.38 bits per heavy atom. The van der Waals surface area contributed by atoms with E-state index in [1.807, 2.05) is 36.4 Å². The Labute approximate surface area is 150 Å². The Bertz CT molecular complexity index is 879. The second-order valence-electron chi connectivity index (χ2n) is 6.37. The van der Waals surface area contributed by atoms with Crippen LogP contribution in [0.3, 0.4) is 0 Å².